The van der Waals surface area contributed by atoms with Crippen LogP contribution in [-0.2, 0) is 16.0 Å². The standard InChI is InChI=1S/C14H22IN3O4/c1-6-21-12(19)11-10(15)7-16-18(11)8-9(2)17-13(20)22-14(3,4)5/h7,9H,6,8H2,1-5H3,(H,17,20)/t9-/m0/s1. The van der Waals surface area contributed by atoms with Gasteiger partial charge in [-0.15, -0.1) is 0 Å². The van der Waals surface area contributed by atoms with Crippen LogP contribution >= 0.6 is 22.6 Å². The molecule has 0 unspecified atom stereocenters. The topological polar surface area (TPSA) is 82.5 Å². The van der Waals surface area contributed by atoms with Gasteiger partial charge in [-0.1, -0.05) is 0 Å². The van der Waals surface area contributed by atoms with Gasteiger partial charge in [0.1, 0.15) is 5.60 Å². The molecule has 124 valence electrons. The van der Waals surface area contributed by atoms with Crippen molar-refractivity contribution in [1.29, 1.82) is 0 Å². The highest BCUT2D eigenvalue weighted by molar-refractivity contribution is 14.1. The Hall–Kier alpha value is -1.32. The van der Waals surface area contributed by atoms with Crippen LogP contribution in [0.5, 0.6) is 0 Å². The Balaban J connectivity index is 2.71. The van der Waals surface area contributed by atoms with Crippen molar-refractivity contribution in [1.82, 2.24) is 15.1 Å². The van der Waals surface area contributed by atoms with E-state index in [1.54, 1.807) is 33.9 Å². The zero-order valence-corrected chi connectivity index (χ0v) is 15.6. The number of esters is 1. The van der Waals surface area contributed by atoms with Crippen LogP contribution in [-0.4, -0.2) is 40.1 Å². The lowest BCUT2D eigenvalue weighted by Gasteiger charge is -2.22. The Kier molecular flexibility index (Phi) is 6.64. The first-order valence-electron chi connectivity index (χ1n) is 7.02. The summed E-state index contributed by atoms with van der Waals surface area (Å²) in [6.45, 7) is 9.59. The second-order valence-electron chi connectivity index (χ2n) is 5.79. The van der Waals surface area contributed by atoms with E-state index >= 15 is 0 Å². The maximum absolute atomic E-state index is 11.9. The van der Waals surface area contributed by atoms with Gasteiger partial charge >= 0.3 is 12.1 Å². The average Bonchev–Trinajstić information content (AvgIpc) is 2.67. The number of rotatable bonds is 5. The van der Waals surface area contributed by atoms with Crippen molar-refractivity contribution < 1.29 is 19.1 Å². The molecule has 0 bridgehead atoms. The van der Waals surface area contributed by atoms with Gasteiger partial charge in [0.2, 0.25) is 0 Å². The SMILES string of the molecule is CCOC(=O)c1c(I)cnn1C[C@H](C)NC(=O)OC(C)(C)C. The highest BCUT2D eigenvalue weighted by atomic mass is 127. The fourth-order valence-corrected chi connectivity index (χ4v) is 2.34. The van der Waals surface area contributed by atoms with Gasteiger partial charge in [-0.05, 0) is 57.2 Å². The van der Waals surface area contributed by atoms with Gasteiger partial charge < -0.3 is 14.8 Å². The van der Waals surface area contributed by atoms with E-state index in [-0.39, 0.29) is 6.04 Å². The summed E-state index contributed by atoms with van der Waals surface area (Å²) in [4.78, 5) is 23.7. The lowest BCUT2D eigenvalue weighted by atomic mass is 10.2. The van der Waals surface area contributed by atoms with Crippen molar-refractivity contribution in [2.24, 2.45) is 0 Å². The van der Waals surface area contributed by atoms with E-state index in [0.717, 1.165) is 0 Å². The van der Waals surface area contributed by atoms with Crippen molar-refractivity contribution >= 4 is 34.7 Å². The van der Waals surface area contributed by atoms with Crippen LogP contribution < -0.4 is 5.32 Å². The van der Waals surface area contributed by atoms with Crippen molar-refractivity contribution in [2.75, 3.05) is 6.61 Å². The molecule has 0 saturated carbocycles. The van der Waals surface area contributed by atoms with Gasteiger partial charge in [0.15, 0.2) is 5.69 Å². The van der Waals surface area contributed by atoms with Crippen molar-refractivity contribution in [3.63, 3.8) is 0 Å². The monoisotopic (exact) mass is 423 g/mol. The van der Waals surface area contributed by atoms with Crippen molar-refractivity contribution in [3.8, 4) is 0 Å². The quantitative estimate of drug-likeness (QED) is 0.582. The highest BCUT2D eigenvalue weighted by Gasteiger charge is 2.21. The molecular formula is C14H22IN3O4. The smallest absolute Gasteiger partial charge is 0.407 e. The summed E-state index contributed by atoms with van der Waals surface area (Å²) >= 11 is 2.03. The molecule has 1 amide bonds. The van der Waals surface area contributed by atoms with Crippen molar-refractivity contribution in [3.05, 3.63) is 15.5 Å². The molecule has 0 aliphatic heterocycles. The third-order valence-electron chi connectivity index (χ3n) is 2.47. The van der Waals surface area contributed by atoms with Gasteiger partial charge in [0.05, 0.1) is 22.9 Å². The van der Waals surface area contributed by atoms with E-state index in [9.17, 15) is 9.59 Å². The summed E-state index contributed by atoms with van der Waals surface area (Å²) < 4.78 is 12.5. The molecule has 0 saturated heterocycles. The molecule has 8 heteroatoms. The van der Waals surface area contributed by atoms with Crippen LogP contribution in [0.15, 0.2) is 6.20 Å². The molecule has 1 aromatic rings. The fourth-order valence-electron chi connectivity index (χ4n) is 1.72. The van der Waals surface area contributed by atoms with Crippen LogP contribution in [0, 0.1) is 3.57 Å². The van der Waals surface area contributed by atoms with E-state index in [1.807, 2.05) is 29.5 Å². The number of nitrogens with one attached hydrogen (secondary N) is 1. The number of carbonyl (C=O) groups excluding carboxylic acids is 2. The van der Waals surface area contributed by atoms with Crippen LogP contribution in [0.2, 0.25) is 0 Å². The second-order valence-corrected chi connectivity index (χ2v) is 6.95. The largest absolute Gasteiger partial charge is 0.461 e. The molecule has 0 radical (unpaired) electrons. The number of aromatic nitrogens is 2. The van der Waals surface area contributed by atoms with E-state index in [2.05, 4.69) is 10.4 Å². The molecule has 1 rings (SSSR count). The summed E-state index contributed by atoms with van der Waals surface area (Å²) in [7, 11) is 0. The Labute approximate surface area is 143 Å². The molecule has 1 N–H and O–H groups in total. The molecule has 1 aromatic heterocycles. The van der Waals surface area contributed by atoms with Crippen molar-refractivity contribution in [2.45, 2.75) is 52.8 Å². The molecule has 0 fully saturated rings. The minimum Gasteiger partial charge on any atom is -0.461 e. The minimum atomic E-state index is -0.555. The number of carbonyl (C=O) groups is 2. The zero-order valence-electron chi connectivity index (χ0n) is 13.5. The van der Waals surface area contributed by atoms with Crippen LogP contribution in [0.4, 0.5) is 4.79 Å². The predicted molar refractivity (Wildman–Crippen MR) is 89.7 cm³/mol. The summed E-state index contributed by atoms with van der Waals surface area (Å²) in [6.07, 6.45) is 1.09. The van der Waals surface area contributed by atoms with E-state index in [0.29, 0.717) is 22.4 Å². The first-order chi connectivity index (χ1) is 10.1. The fraction of sp³-hybridized carbons (Fsp3) is 0.643. The normalized spacial score (nSPS) is 12.6. The molecule has 0 aliphatic carbocycles. The Morgan fingerprint density at radius 2 is 2.09 bits per heavy atom. The van der Waals surface area contributed by atoms with Crippen LogP contribution in [0.3, 0.4) is 0 Å². The van der Waals surface area contributed by atoms with Gasteiger partial charge in [0.25, 0.3) is 0 Å². The molecule has 7 nitrogen and oxygen atoms in total. The van der Waals surface area contributed by atoms with E-state index in [1.165, 1.54) is 4.68 Å². The molecule has 0 aliphatic rings. The lowest BCUT2D eigenvalue weighted by Crippen LogP contribution is -2.40. The Bertz CT molecular complexity index is 537. The summed E-state index contributed by atoms with van der Waals surface area (Å²) in [5.41, 5.74) is -0.165. The molecular weight excluding hydrogens is 401 g/mol. The van der Waals surface area contributed by atoms with E-state index in [4.69, 9.17) is 9.47 Å². The summed E-state index contributed by atoms with van der Waals surface area (Å²) in [5.74, 6) is -0.422. The Morgan fingerprint density at radius 3 is 2.64 bits per heavy atom. The average molecular weight is 423 g/mol. The zero-order chi connectivity index (χ0) is 16.9. The maximum Gasteiger partial charge on any atom is 0.407 e. The number of amides is 1. The molecule has 0 spiro atoms. The first kappa shape index (κ1) is 18.7. The highest BCUT2D eigenvalue weighted by Crippen LogP contribution is 2.14. The lowest BCUT2D eigenvalue weighted by molar-refractivity contribution is 0.0501. The van der Waals surface area contributed by atoms with Gasteiger partial charge in [0, 0.05) is 6.04 Å². The Morgan fingerprint density at radius 1 is 1.45 bits per heavy atom. The number of alkyl carbamates (subject to hydrolysis) is 1. The number of nitrogens with zero attached hydrogens (tertiary/aromatic N) is 2. The van der Waals surface area contributed by atoms with E-state index < -0.39 is 17.7 Å². The van der Waals surface area contributed by atoms with Crippen LogP contribution in [0.1, 0.15) is 45.1 Å². The van der Waals surface area contributed by atoms with Gasteiger partial charge in [-0.2, -0.15) is 5.10 Å². The third-order valence-corrected chi connectivity index (χ3v) is 3.26. The molecule has 0 aromatic carbocycles. The first-order valence-corrected chi connectivity index (χ1v) is 8.10. The summed E-state index contributed by atoms with van der Waals surface area (Å²) in [6, 6.07) is -0.251. The predicted octanol–water partition coefficient (Wildman–Crippen LogP) is 2.58. The minimum absolute atomic E-state index is 0.251. The van der Waals surface area contributed by atoms with Gasteiger partial charge in [-0.25, -0.2) is 9.59 Å². The number of hydrogen-bond acceptors (Lipinski definition) is 5. The summed E-state index contributed by atoms with van der Waals surface area (Å²) in [5, 5.41) is 6.87. The molecule has 1 heterocycles. The molecule has 22 heavy (non-hydrogen) atoms. The maximum atomic E-state index is 11.9. The third kappa shape index (κ3) is 5.82. The van der Waals surface area contributed by atoms with Crippen LogP contribution in [0.25, 0.3) is 0 Å². The molecule has 1 atom stereocenters. The number of hydrogen-bond donors (Lipinski definition) is 1. The van der Waals surface area contributed by atoms with Gasteiger partial charge in [-0.3, -0.25) is 4.68 Å². The number of halogens is 1. The number of ether oxygens (including phenoxy) is 2. The second kappa shape index (κ2) is 7.80.